The molecular formula is C34H34N4O2. The molecule has 0 radical (unpaired) electrons. The number of likely N-dealkylation sites (tertiary alicyclic amines) is 1. The Morgan fingerprint density at radius 2 is 1.60 bits per heavy atom. The number of nitrogens with zero attached hydrogens (tertiary/aromatic N) is 3. The van der Waals surface area contributed by atoms with Crippen LogP contribution in [0.3, 0.4) is 0 Å². The molecule has 1 unspecified atom stereocenters. The van der Waals surface area contributed by atoms with Crippen LogP contribution in [-0.2, 0) is 4.79 Å². The molecule has 5 aromatic rings. The van der Waals surface area contributed by atoms with Gasteiger partial charge in [-0.1, -0.05) is 78.9 Å². The fraction of sp³-hybridized carbons (Fsp3) is 0.265. The Hall–Kier alpha value is -4.45. The molecule has 1 aromatic heterocycles. The third-order valence-electron chi connectivity index (χ3n) is 8.24. The Balaban J connectivity index is 1.16. The van der Waals surface area contributed by atoms with Gasteiger partial charge in [0.25, 0.3) is 5.91 Å². The number of benzene rings is 4. The third-order valence-corrected chi connectivity index (χ3v) is 8.24. The highest BCUT2D eigenvalue weighted by Gasteiger charge is 2.28. The van der Waals surface area contributed by atoms with Crippen LogP contribution in [0.1, 0.15) is 59.9 Å². The lowest BCUT2D eigenvalue weighted by atomic mass is 9.96. The minimum Gasteiger partial charge on any atom is -0.343 e. The van der Waals surface area contributed by atoms with E-state index < -0.39 is 0 Å². The number of carbonyl (C=O) groups is 2. The Kier molecular flexibility index (Phi) is 7.32. The topological polar surface area (TPSA) is 69.3 Å². The number of nitrogens with one attached hydrogen (secondary N) is 1. The minimum absolute atomic E-state index is 0.0513. The van der Waals surface area contributed by atoms with E-state index in [1.54, 1.807) is 0 Å². The van der Waals surface area contributed by atoms with Crippen molar-refractivity contribution in [2.24, 2.45) is 0 Å². The average Bonchev–Trinajstić information content (AvgIpc) is 3.45. The van der Waals surface area contributed by atoms with Crippen molar-refractivity contribution in [1.29, 1.82) is 0 Å². The number of aromatic nitrogens is 2. The van der Waals surface area contributed by atoms with Gasteiger partial charge in [0.1, 0.15) is 5.82 Å². The largest absolute Gasteiger partial charge is 0.343 e. The number of aromatic amines is 1. The first-order valence-electron chi connectivity index (χ1n) is 14.1. The quantitative estimate of drug-likeness (QED) is 0.254. The summed E-state index contributed by atoms with van der Waals surface area (Å²) in [5, 5.41) is 1.96. The molecule has 1 N–H and O–H groups in total. The van der Waals surface area contributed by atoms with Crippen molar-refractivity contribution in [3.05, 3.63) is 114 Å². The number of hydrogen-bond donors (Lipinski definition) is 1. The van der Waals surface area contributed by atoms with Crippen LogP contribution in [0.4, 0.5) is 0 Å². The van der Waals surface area contributed by atoms with E-state index in [1.165, 1.54) is 0 Å². The van der Waals surface area contributed by atoms with Crippen LogP contribution < -0.4 is 0 Å². The lowest BCUT2D eigenvalue weighted by molar-refractivity contribution is -0.132. The van der Waals surface area contributed by atoms with Crippen LogP contribution in [0.5, 0.6) is 0 Å². The maximum absolute atomic E-state index is 14.0. The first-order valence-corrected chi connectivity index (χ1v) is 14.1. The van der Waals surface area contributed by atoms with Gasteiger partial charge < -0.3 is 14.8 Å². The van der Waals surface area contributed by atoms with Crippen LogP contribution in [0, 0.1) is 0 Å². The highest BCUT2D eigenvalue weighted by Crippen LogP contribution is 2.29. The van der Waals surface area contributed by atoms with E-state index in [-0.39, 0.29) is 17.9 Å². The first kappa shape index (κ1) is 25.8. The van der Waals surface area contributed by atoms with Crippen molar-refractivity contribution in [3.8, 4) is 0 Å². The van der Waals surface area contributed by atoms with E-state index in [0.717, 1.165) is 46.0 Å². The fourth-order valence-electron chi connectivity index (χ4n) is 5.89. The monoisotopic (exact) mass is 530 g/mol. The molecule has 1 saturated heterocycles. The molecule has 1 aliphatic heterocycles. The summed E-state index contributed by atoms with van der Waals surface area (Å²) in [6.45, 7) is 3.81. The number of H-pyrrole nitrogens is 1. The Morgan fingerprint density at radius 1 is 0.900 bits per heavy atom. The third kappa shape index (κ3) is 5.22. The van der Waals surface area contributed by atoms with Gasteiger partial charge in [0.05, 0.1) is 17.1 Å². The van der Waals surface area contributed by atoms with Crippen LogP contribution in [-0.4, -0.2) is 51.2 Å². The summed E-state index contributed by atoms with van der Waals surface area (Å²) in [4.78, 5) is 39.5. The normalized spacial score (nSPS) is 14.9. The molecule has 0 bridgehead atoms. The SMILES string of the molecule is CC(c1ccccc1)N(CCC(=O)N1CCC(c2nc3ccccc3[nH]2)CC1)C(=O)c1cccc2ccccc12. The highest BCUT2D eigenvalue weighted by molar-refractivity contribution is 6.07. The number of imidazole rings is 1. The zero-order chi connectivity index (χ0) is 27.5. The molecule has 4 aromatic carbocycles. The lowest BCUT2D eigenvalue weighted by Gasteiger charge is -2.33. The van der Waals surface area contributed by atoms with E-state index >= 15 is 0 Å². The molecule has 2 heterocycles. The molecule has 6 rings (SSSR count). The van der Waals surface area contributed by atoms with E-state index in [4.69, 9.17) is 4.98 Å². The summed E-state index contributed by atoms with van der Waals surface area (Å²) >= 11 is 0. The smallest absolute Gasteiger partial charge is 0.255 e. The number of rotatable bonds is 7. The number of amides is 2. The predicted octanol–water partition coefficient (Wildman–Crippen LogP) is 6.72. The molecular weight excluding hydrogens is 496 g/mol. The average molecular weight is 531 g/mol. The molecule has 1 atom stereocenters. The number of carbonyl (C=O) groups excluding carboxylic acids is 2. The maximum atomic E-state index is 14.0. The van der Waals surface area contributed by atoms with Gasteiger partial charge >= 0.3 is 0 Å². The van der Waals surface area contributed by atoms with E-state index in [1.807, 2.05) is 114 Å². The Labute approximate surface area is 234 Å². The zero-order valence-corrected chi connectivity index (χ0v) is 22.8. The van der Waals surface area contributed by atoms with Crippen molar-refractivity contribution in [2.45, 2.75) is 38.1 Å². The van der Waals surface area contributed by atoms with Gasteiger partial charge in [0.15, 0.2) is 0 Å². The molecule has 2 amide bonds. The van der Waals surface area contributed by atoms with Crippen molar-refractivity contribution in [1.82, 2.24) is 19.8 Å². The molecule has 6 nitrogen and oxygen atoms in total. The Bertz CT molecular complexity index is 1600. The van der Waals surface area contributed by atoms with Crippen molar-refractivity contribution in [3.63, 3.8) is 0 Å². The second kappa shape index (κ2) is 11.3. The number of hydrogen-bond acceptors (Lipinski definition) is 3. The molecule has 1 aliphatic rings. The van der Waals surface area contributed by atoms with Gasteiger partial charge in [-0.3, -0.25) is 9.59 Å². The summed E-state index contributed by atoms with van der Waals surface area (Å²) in [5.41, 5.74) is 3.76. The van der Waals surface area contributed by atoms with Gasteiger partial charge in [0.2, 0.25) is 5.91 Å². The van der Waals surface area contributed by atoms with Gasteiger partial charge in [-0.05, 0) is 54.3 Å². The predicted molar refractivity (Wildman–Crippen MR) is 159 cm³/mol. The molecule has 0 spiro atoms. The van der Waals surface area contributed by atoms with Crippen LogP contribution in [0.15, 0.2) is 97.1 Å². The summed E-state index contributed by atoms with van der Waals surface area (Å²) < 4.78 is 0. The van der Waals surface area contributed by atoms with Crippen molar-refractivity contribution < 1.29 is 9.59 Å². The number of fused-ring (bicyclic) bond motifs is 2. The standard InChI is InChI=1S/C34H34N4O2/c1-24(25-10-3-2-4-11-25)38(34(40)29-15-9-13-26-12-5-6-14-28(26)29)23-20-32(39)37-21-18-27(19-22-37)33-35-30-16-7-8-17-31(30)36-33/h2-17,24,27H,18-23H2,1H3,(H,35,36). The summed E-state index contributed by atoms with van der Waals surface area (Å²) in [6.07, 6.45) is 2.05. The minimum atomic E-state index is -0.167. The van der Waals surface area contributed by atoms with Crippen molar-refractivity contribution >= 4 is 33.6 Å². The highest BCUT2D eigenvalue weighted by atomic mass is 16.2. The second-order valence-corrected chi connectivity index (χ2v) is 10.7. The van der Waals surface area contributed by atoms with Gasteiger partial charge in [-0.15, -0.1) is 0 Å². The van der Waals surface area contributed by atoms with E-state index in [0.29, 0.717) is 37.5 Å². The lowest BCUT2D eigenvalue weighted by Crippen LogP contribution is -2.41. The second-order valence-electron chi connectivity index (χ2n) is 10.7. The summed E-state index contributed by atoms with van der Waals surface area (Å²) in [5.74, 6) is 1.37. The first-order chi connectivity index (χ1) is 19.6. The van der Waals surface area contributed by atoms with Crippen molar-refractivity contribution in [2.75, 3.05) is 19.6 Å². The van der Waals surface area contributed by atoms with E-state index in [9.17, 15) is 9.59 Å². The fourth-order valence-corrected chi connectivity index (χ4v) is 5.89. The van der Waals surface area contributed by atoms with Gasteiger partial charge in [0, 0.05) is 37.5 Å². The van der Waals surface area contributed by atoms with Gasteiger partial charge in [-0.2, -0.15) is 0 Å². The van der Waals surface area contributed by atoms with Crippen LogP contribution in [0.25, 0.3) is 21.8 Å². The molecule has 202 valence electrons. The number of para-hydroxylation sites is 2. The molecule has 1 fully saturated rings. The van der Waals surface area contributed by atoms with Crippen LogP contribution >= 0.6 is 0 Å². The maximum Gasteiger partial charge on any atom is 0.255 e. The molecule has 0 aliphatic carbocycles. The molecule has 40 heavy (non-hydrogen) atoms. The number of piperidine rings is 1. The van der Waals surface area contributed by atoms with Gasteiger partial charge in [-0.25, -0.2) is 4.98 Å². The zero-order valence-electron chi connectivity index (χ0n) is 22.8. The molecule has 0 saturated carbocycles. The van der Waals surface area contributed by atoms with E-state index in [2.05, 4.69) is 4.98 Å². The summed E-state index contributed by atoms with van der Waals surface area (Å²) in [7, 11) is 0. The van der Waals surface area contributed by atoms with Crippen LogP contribution in [0.2, 0.25) is 0 Å². The summed E-state index contributed by atoms with van der Waals surface area (Å²) in [6, 6.07) is 31.8. The molecule has 6 heteroatoms. The Morgan fingerprint density at radius 3 is 2.40 bits per heavy atom.